The van der Waals surface area contributed by atoms with Crippen molar-refractivity contribution in [3.63, 3.8) is 0 Å². The largest absolute Gasteiger partial charge is 0.409 e. The van der Waals surface area contributed by atoms with Crippen LogP contribution in [0.5, 0.6) is 0 Å². The third kappa shape index (κ3) is 3.69. The zero-order valence-corrected chi connectivity index (χ0v) is 12.5. The van der Waals surface area contributed by atoms with Crippen molar-refractivity contribution < 1.29 is 5.21 Å². The Labute approximate surface area is 126 Å². The zero-order valence-electron chi connectivity index (χ0n) is 10.9. The molecule has 0 fully saturated rings. The normalized spacial score (nSPS) is 11.8. The van der Waals surface area contributed by atoms with Crippen LogP contribution in [-0.2, 0) is 13.1 Å². The number of nitrogens with one attached hydrogen (secondary N) is 1. The molecular weight excluding hydrogens is 296 g/mol. The van der Waals surface area contributed by atoms with Crippen LogP contribution in [0.25, 0.3) is 0 Å². The van der Waals surface area contributed by atoms with E-state index in [1.54, 1.807) is 23.5 Å². The molecule has 2 aromatic rings. The molecule has 0 saturated heterocycles. The van der Waals surface area contributed by atoms with Gasteiger partial charge in [0.05, 0.1) is 0 Å². The monoisotopic (exact) mass is 310 g/mol. The van der Waals surface area contributed by atoms with Crippen molar-refractivity contribution in [2.24, 2.45) is 10.9 Å². The molecule has 0 aliphatic heterocycles. The first-order valence-electron chi connectivity index (χ1n) is 5.98. The Morgan fingerprint density at radius 1 is 1.50 bits per heavy atom. The van der Waals surface area contributed by atoms with Gasteiger partial charge < -0.3 is 16.3 Å². The summed E-state index contributed by atoms with van der Waals surface area (Å²) in [6.45, 7) is 3.31. The van der Waals surface area contributed by atoms with Crippen LogP contribution in [-0.4, -0.2) is 16.0 Å². The molecule has 0 saturated carbocycles. The van der Waals surface area contributed by atoms with E-state index in [0.717, 1.165) is 16.3 Å². The number of aryl methyl sites for hydroxylation is 1. The summed E-state index contributed by atoms with van der Waals surface area (Å²) in [6.07, 6.45) is 0. The number of halogens is 1. The standard InChI is InChI=1S/C13H15ClN4OS/c1-8-7-20-12(17-8)6-16-5-10-3-2-9(4-11(10)14)13(15)18-19/h2-4,7,16,19H,5-6H2,1H3,(H2,15,18). The minimum Gasteiger partial charge on any atom is -0.409 e. The lowest BCUT2D eigenvalue weighted by Crippen LogP contribution is -2.15. The zero-order chi connectivity index (χ0) is 14.5. The van der Waals surface area contributed by atoms with Gasteiger partial charge in [-0.2, -0.15) is 0 Å². The van der Waals surface area contributed by atoms with Crippen LogP contribution in [0.3, 0.4) is 0 Å². The lowest BCUT2D eigenvalue weighted by Gasteiger charge is -2.07. The smallest absolute Gasteiger partial charge is 0.170 e. The van der Waals surface area contributed by atoms with Crippen molar-refractivity contribution >= 4 is 28.8 Å². The number of oxime groups is 1. The van der Waals surface area contributed by atoms with Crippen molar-refractivity contribution in [2.75, 3.05) is 0 Å². The third-order valence-electron chi connectivity index (χ3n) is 2.71. The number of hydrogen-bond acceptors (Lipinski definition) is 5. The highest BCUT2D eigenvalue weighted by Crippen LogP contribution is 2.18. The average Bonchev–Trinajstić information content (AvgIpc) is 2.85. The number of aromatic nitrogens is 1. The predicted octanol–water partition coefficient (Wildman–Crippen LogP) is 2.49. The minimum absolute atomic E-state index is 0.0460. The summed E-state index contributed by atoms with van der Waals surface area (Å²) in [7, 11) is 0. The van der Waals surface area contributed by atoms with Gasteiger partial charge in [0.15, 0.2) is 5.84 Å². The first-order chi connectivity index (χ1) is 9.60. The van der Waals surface area contributed by atoms with Gasteiger partial charge in [-0.25, -0.2) is 4.98 Å². The van der Waals surface area contributed by atoms with Gasteiger partial charge in [-0.3, -0.25) is 0 Å². The van der Waals surface area contributed by atoms with Gasteiger partial charge in [0.25, 0.3) is 0 Å². The van der Waals surface area contributed by atoms with E-state index in [1.807, 2.05) is 18.4 Å². The molecule has 5 nitrogen and oxygen atoms in total. The first kappa shape index (κ1) is 14.8. The predicted molar refractivity (Wildman–Crippen MR) is 81.4 cm³/mol. The summed E-state index contributed by atoms with van der Waals surface area (Å²) < 4.78 is 0. The molecule has 0 amide bonds. The van der Waals surface area contributed by atoms with Crippen molar-refractivity contribution in [2.45, 2.75) is 20.0 Å². The second kappa shape index (κ2) is 6.69. The van der Waals surface area contributed by atoms with Crippen LogP contribution < -0.4 is 11.1 Å². The maximum Gasteiger partial charge on any atom is 0.170 e. The maximum absolute atomic E-state index is 8.62. The van der Waals surface area contributed by atoms with Crippen LogP contribution in [0.2, 0.25) is 5.02 Å². The molecule has 0 aliphatic rings. The molecule has 0 aliphatic carbocycles. The van der Waals surface area contributed by atoms with Gasteiger partial charge in [-0.15, -0.1) is 11.3 Å². The fourth-order valence-corrected chi connectivity index (χ4v) is 2.68. The van der Waals surface area contributed by atoms with Gasteiger partial charge in [-0.1, -0.05) is 28.9 Å². The Morgan fingerprint density at radius 3 is 2.90 bits per heavy atom. The van der Waals surface area contributed by atoms with Gasteiger partial charge in [-0.05, 0) is 18.6 Å². The lowest BCUT2D eigenvalue weighted by molar-refractivity contribution is 0.318. The highest BCUT2D eigenvalue weighted by molar-refractivity contribution is 7.09. The number of thiazole rings is 1. The molecule has 2 rings (SSSR count). The summed E-state index contributed by atoms with van der Waals surface area (Å²) in [5.74, 6) is 0.0460. The van der Waals surface area contributed by atoms with E-state index in [9.17, 15) is 0 Å². The number of amidine groups is 1. The van der Waals surface area contributed by atoms with Crippen molar-refractivity contribution in [3.05, 3.63) is 50.4 Å². The number of nitrogens with two attached hydrogens (primary N) is 1. The Kier molecular flexibility index (Phi) is 4.94. The number of benzene rings is 1. The van der Waals surface area contributed by atoms with Crippen molar-refractivity contribution in [1.82, 2.24) is 10.3 Å². The second-order valence-corrected chi connectivity index (χ2v) is 5.63. The SMILES string of the molecule is Cc1csc(CNCc2ccc(/C(N)=N/O)cc2Cl)n1. The van der Waals surface area contributed by atoms with Gasteiger partial charge in [0.1, 0.15) is 5.01 Å². The summed E-state index contributed by atoms with van der Waals surface area (Å²) in [4.78, 5) is 4.38. The lowest BCUT2D eigenvalue weighted by atomic mass is 10.1. The Bertz CT molecular complexity index is 627. The van der Waals surface area contributed by atoms with E-state index >= 15 is 0 Å². The Morgan fingerprint density at radius 2 is 2.30 bits per heavy atom. The molecule has 1 aromatic carbocycles. The minimum atomic E-state index is 0.0460. The van der Waals surface area contributed by atoms with E-state index in [1.165, 1.54) is 0 Å². The second-order valence-electron chi connectivity index (χ2n) is 4.28. The van der Waals surface area contributed by atoms with Gasteiger partial charge in [0.2, 0.25) is 0 Å². The maximum atomic E-state index is 8.62. The molecule has 0 spiro atoms. The molecule has 20 heavy (non-hydrogen) atoms. The molecule has 1 aromatic heterocycles. The summed E-state index contributed by atoms with van der Waals surface area (Å²) in [5, 5.41) is 18.5. The highest BCUT2D eigenvalue weighted by atomic mass is 35.5. The number of nitrogens with zero attached hydrogens (tertiary/aromatic N) is 2. The molecule has 106 valence electrons. The fraction of sp³-hybridized carbons (Fsp3) is 0.231. The van der Waals surface area contributed by atoms with E-state index in [4.69, 9.17) is 22.5 Å². The van der Waals surface area contributed by atoms with Crippen molar-refractivity contribution in [1.29, 1.82) is 0 Å². The molecule has 0 unspecified atom stereocenters. The summed E-state index contributed by atoms with van der Waals surface area (Å²) >= 11 is 7.80. The third-order valence-corrected chi connectivity index (χ3v) is 4.03. The van der Waals surface area contributed by atoms with Crippen LogP contribution >= 0.6 is 22.9 Å². The Balaban J connectivity index is 1.96. The quantitative estimate of drug-likeness (QED) is 0.343. The molecule has 0 bridgehead atoms. The average molecular weight is 311 g/mol. The van der Waals surface area contributed by atoms with E-state index in [-0.39, 0.29) is 5.84 Å². The van der Waals surface area contributed by atoms with E-state index in [0.29, 0.717) is 23.7 Å². The summed E-state index contributed by atoms with van der Waals surface area (Å²) in [6, 6.07) is 5.31. The van der Waals surface area contributed by atoms with E-state index in [2.05, 4.69) is 15.5 Å². The Hall–Kier alpha value is -1.63. The first-order valence-corrected chi connectivity index (χ1v) is 7.24. The topological polar surface area (TPSA) is 83.5 Å². The number of rotatable bonds is 5. The molecule has 1 heterocycles. The van der Waals surface area contributed by atoms with Crippen LogP contribution in [0.1, 0.15) is 21.8 Å². The molecule has 0 radical (unpaired) electrons. The van der Waals surface area contributed by atoms with Crippen molar-refractivity contribution in [3.8, 4) is 0 Å². The fourth-order valence-electron chi connectivity index (χ4n) is 1.70. The van der Waals surface area contributed by atoms with Crippen LogP contribution in [0.15, 0.2) is 28.7 Å². The van der Waals surface area contributed by atoms with Crippen LogP contribution in [0.4, 0.5) is 0 Å². The van der Waals surface area contributed by atoms with Gasteiger partial charge in [0, 0.05) is 34.7 Å². The highest BCUT2D eigenvalue weighted by Gasteiger charge is 2.05. The molecule has 4 N–H and O–H groups in total. The molecule has 7 heteroatoms. The molecular formula is C13H15ClN4OS. The summed E-state index contributed by atoms with van der Waals surface area (Å²) in [5.41, 5.74) is 8.09. The van der Waals surface area contributed by atoms with Gasteiger partial charge >= 0.3 is 0 Å². The van der Waals surface area contributed by atoms with E-state index < -0.39 is 0 Å². The number of hydrogen-bond donors (Lipinski definition) is 3. The van der Waals surface area contributed by atoms with Crippen LogP contribution in [0, 0.1) is 6.92 Å². The molecule has 0 atom stereocenters.